The lowest BCUT2D eigenvalue weighted by Crippen LogP contribution is -2.46. The summed E-state index contributed by atoms with van der Waals surface area (Å²) in [5.41, 5.74) is 0. The summed E-state index contributed by atoms with van der Waals surface area (Å²) in [6.45, 7) is 9.07. The van der Waals surface area contributed by atoms with Gasteiger partial charge in [0.1, 0.15) is 6.04 Å². The quantitative estimate of drug-likeness (QED) is 0.432. The zero-order chi connectivity index (χ0) is 14.8. The second kappa shape index (κ2) is 9.38. The second-order valence-electron chi connectivity index (χ2n) is 4.74. The van der Waals surface area contributed by atoms with Gasteiger partial charge in [0.25, 0.3) is 0 Å². The zero-order valence-electron chi connectivity index (χ0n) is 12.0. The van der Waals surface area contributed by atoms with Gasteiger partial charge in [-0.2, -0.15) is 0 Å². The smallest absolute Gasteiger partial charge is 0.326 e. The first-order valence-corrected chi connectivity index (χ1v) is 6.46. The average molecular weight is 271 g/mol. The van der Waals surface area contributed by atoms with Crippen molar-refractivity contribution in [3.8, 4) is 0 Å². The highest BCUT2D eigenvalue weighted by molar-refractivity contribution is 5.82. The van der Waals surface area contributed by atoms with Crippen LogP contribution in [0.4, 0.5) is 4.79 Å². The molecule has 0 saturated carbocycles. The minimum Gasteiger partial charge on any atom is -0.480 e. The molecule has 0 heterocycles. The molecule has 1 unspecified atom stereocenters. The van der Waals surface area contributed by atoms with Crippen LogP contribution in [-0.2, 0) is 4.79 Å². The van der Waals surface area contributed by atoms with E-state index in [0.29, 0.717) is 12.6 Å². The lowest BCUT2D eigenvalue weighted by atomic mass is 10.2. The van der Waals surface area contributed by atoms with E-state index in [4.69, 9.17) is 5.11 Å². The van der Waals surface area contributed by atoms with Crippen LogP contribution in [0.25, 0.3) is 0 Å². The summed E-state index contributed by atoms with van der Waals surface area (Å²) in [5, 5.41) is 13.9. The van der Waals surface area contributed by atoms with Crippen LogP contribution in [-0.4, -0.2) is 54.2 Å². The van der Waals surface area contributed by atoms with E-state index in [2.05, 4.69) is 36.0 Å². The Morgan fingerprint density at radius 2 is 2.05 bits per heavy atom. The van der Waals surface area contributed by atoms with Gasteiger partial charge in [-0.3, -0.25) is 0 Å². The van der Waals surface area contributed by atoms with E-state index < -0.39 is 18.0 Å². The molecule has 0 fully saturated rings. The van der Waals surface area contributed by atoms with Crippen LogP contribution in [0.15, 0.2) is 12.7 Å². The molecule has 0 aliphatic rings. The Kier molecular flexibility index (Phi) is 8.61. The lowest BCUT2D eigenvalue weighted by molar-refractivity contribution is -0.139. The molecule has 0 aliphatic carbocycles. The standard InChI is InChI=1S/C13H25N3O3/c1-5-7-11(12(17)18)15-13(19)14-8-6-9-16(4)10(2)3/h5,10-11H,1,6-9H2,2-4H3,(H,17,18)(H2,14,15,19). The van der Waals surface area contributed by atoms with Gasteiger partial charge in [-0.05, 0) is 40.3 Å². The maximum atomic E-state index is 11.5. The summed E-state index contributed by atoms with van der Waals surface area (Å²) in [7, 11) is 2.02. The molecule has 6 nitrogen and oxygen atoms in total. The predicted octanol–water partition coefficient (Wildman–Crippen LogP) is 1.05. The maximum Gasteiger partial charge on any atom is 0.326 e. The van der Waals surface area contributed by atoms with Crippen molar-refractivity contribution >= 4 is 12.0 Å². The number of carboxylic acid groups (broad SMARTS) is 1. The third kappa shape index (κ3) is 8.20. The van der Waals surface area contributed by atoms with Crippen LogP contribution in [0.5, 0.6) is 0 Å². The van der Waals surface area contributed by atoms with Crippen molar-refractivity contribution in [1.29, 1.82) is 0 Å². The Morgan fingerprint density at radius 1 is 1.42 bits per heavy atom. The first kappa shape index (κ1) is 17.4. The minimum atomic E-state index is -1.06. The number of amides is 2. The predicted molar refractivity (Wildman–Crippen MR) is 75.2 cm³/mol. The molecule has 1 atom stereocenters. The molecule has 2 amide bonds. The Bertz CT molecular complexity index is 306. The van der Waals surface area contributed by atoms with Crippen molar-refractivity contribution in [3.63, 3.8) is 0 Å². The van der Waals surface area contributed by atoms with Gasteiger partial charge in [-0.15, -0.1) is 6.58 Å². The molecule has 19 heavy (non-hydrogen) atoms. The van der Waals surface area contributed by atoms with Crippen LogP contribution in [0.2, 0.25) is 0 Å². The number of carboxylic acids is 1. The molecular weight excluding hydrogens is 246 g/mol. The first-order valence-electron chi connectivity index (χ1n) is 6.46. The SMILES string of the molecule is C=CCC(NC(=O)NCCCN(C)C(C)C)C(=O)O. The monoisotopic (exact) mass is 271 g/mol. The number of hydrogen-bond acceptors (Lipinski definition) is 3. The van der Waals surface area contributed by atoms with E-state index in [0.717, 1.165) is 13.0 Å². The van der Waals surface area contributed by atoms with Gasteiger partial charge in [0.05, 0.1) is 0 Å². The summed E-state index contributed by atoms with van der Waals surface area (Å²) >= 11 is 0. The molecule has 0 saturated heterocycles. The van der Waals surface area contributed by atoms with E-state index in [1.54, 1.807) is 0 Å². The van der Waals surface area contributed by atoms with E-state index in [9.17, 15) is 9.59 Å². The minimum absolute atomic E-state index is 0.207. The zero-order valence-corrected chi connectivity index (χ0v) is 12.0. The maximum absolute atomic E-state index is 11.5. The van der Waals surface area contributed by atoms with Crippen LogP contribution in [0.1, 0.15) is 26.7 Å². The largest absolute Gasteiger partial charge is 0.480 e. The average Bonchev–Trinajstić information content (AvgIpc) is 2.33. The molecule has 6 heteroatoms. The van der Waals surface area contributed by atoms with Crippen molar-refractivity contribution in [2.75, 3.05) is 20.1 Å². The fourth-order valence-corrected chi connectivity index (χ4v) is 1.39. The molecule has 110 valence electrons. The molecule has 0 bridgehead atoms. The number of carbonyl (C=O) groups is 2. The molecule has 0 radical (unpaired) electrons. The molecule has 0 aromatic rings. The van der Waals surface area contributed by atoms with E-state index in [-0.39, 0.29) is 6.42 Å². The molecule has 0 aromatic heterocycles. The second-order valence-corrected chi connectivity index (χ2v) is 4.74. The molecule has 3 N–H and O–H groups in total. The highest BCUT2D eigenvalue weighted by Gasteiger charge is 2.17. The van der Waals surface area contributed by atoms with E-state index in [1.807, 2.05) is 7.05 Å². The lowest BCUT2D eigenvalue weighted by Gasteiger charge is -2.21. The number of nitrogens with one attached hydrogen (secondary N) is 2. The van der Waals surface area contributed by atoms with E-state index >= 15 is 0 Å². The summed E-state index contributed by atoms with van der Waals surface area (Å²) < 4.78 is 0. The van der Waals surface area contributed by atoms with Gasteiger partial charge < -0.3 is 20.6 Å². The van der Waals surface area contributed by atoms with Crippen LogP contribution < -0.4 is 10.6 Å². The third-order valence-corrected chi connectivity index (χ3v) is 2.86. The van der Waals surface area contributed by atoms with Crippen molar-refractivity contribution in [1.82, 2.24) is 15.5 Å². The number of carbonyl (C=O) groups excluding carboxylic acids is 1. The summed E-state index contributed by atoms with van der Waals surface area (Å²) in [6, 6.07) is -0.907. The van der Waals surface area contributed by atoms with Gasteiger partial charge in [-0.1, -0.05) is 6.08 Å². The normalized spacial score (nSPS) is 12.3. The Labute approximate surface area is 114 Å². The summed E-state index contributed by atoms with van der Waals surface area (Å²) in [6.07, 6.45) is 2.50. The first-order chi connectivity index (χ1) is 8.88. The Morgan fingerprint density at radius 3 is 2.53 bits per heavy atom. The Hall–Kier alpha value is -1.56. The summed E-state index contributed by atoms with van der Waals surface area (Å²) in [4.78, 5) is 24.5. The third-order valence-electron chi connectivity index (χ3n) is 2.86. The van der Waals surface area contributed by atoms with Gasteiger partial charge >= 0.3 is 12.0 Å². The fourth-order valence-electron chi connectivity index (χ4n) is 1.39. The van der Waals surface area contributed by atoms with Gasteiger partial charge in [0, 0.05) is 12.6 Å². The van der Waals surface area contributed by atoms with Gasteiger partial charge in [-0.25, -0.2) is 9.59 Å². The van der Waals surface area contributed by atoms with Crippen LogP contribution >= 0.6 is 0 Å². The fraction of sp³-hybridized carbons (Fsp3) is 0.692. The van der Waals surface area contributed by atoms with Crippen molar-refractivity contribution in [3.05, 3.63) is 12.7 Å². The number of hydrogen-bond donors (Lipinski definition) is 3. The van der Waals surface area contributed by atoms with Crippen LogP contribution in [0.3, 0.4) is 0 Å². The molecular formula is C13H25N3O3. The van der Waals surface area contributed by atoms with Gasteiger partial charge in [0.15, 0.2) is 0 Å². The highest BCUT2D eigenvalue weighted by atomic mass is 16.4. The van der Waals surface area contributed by atoms with Crippen molar-refractivity contribution in [2.24, 2.45) is 0 Å². The number of urea groups is 1. The van der Waals surface area contributed by atoms with Crippen molar-refractivity contribution < 1.29 is 14.7 Å². The van der Waals surface area contributed by atoms with Crippen LogP contribution in [0, 0.1) is 0 Å². The number of rotatable bonds is 9. The highest BCUT2D eigenvalue weighted by Crippen LogP contribution is 1.95. The molecule has 0 aromatic carbocycles. The summed E-state index contributed by atoms with van der Waals surface area (Å²) in [5.74, 6) is -1.06. The molecule has 0 spiro atoms. The number of nitrogens with zero attached hydrogens (tertiary/aromatic N) is 1. The van der Waals surface area contributed by atoms with Crippen molar-refractivity contribution in [2.45, 2.75) is 38.8 Å². The Balaban J connectivity index is 3.85. The molecule has 0 aliphatic heterocycles. The number of aliphatic carboxylic acids is 1. The van der Waals surface area contributed by atoms with E-state index in [1.165, 1.54) is 6.08 Å². The van der Waals surface area contributed by atoms with Gasteiger partial charge in [0.2, 0.25) is 0 Å². The topological polar surface area (TPSA) is 81.7 Å². The molecule has 0 rings (SSSR count).